The van der Waals surface area contributed by atoms with Gasteiger partial charge in [0.1, 0.15) is 0 Å². The minimum atomic E-state index is 0.814. The molecule has 0 amide bonds. The Morgan fingerprint density at radius 1 is 0.850 bits per heavy atom. The van der Waals surface area contributed by atoms with E-state index in [9.17, 15) is 0 Å². The molecule has 3 atom stereocenters. The van der Waals surface area contributed by atoms with E-state index in [2.05, 4.69) is 10.6 Å². The van der Waals surface area contributed by atoms with Gasteiger partial charge in [0, 0.05) is 12.1 Å². The van der Waals surface area contributed by atoms with Crippen molar-refractivity contribution >= 4 is 0 Å². The first-order valence-electron chi connectivity index (χ1n) is 9.40. The van der Waals surface area contributed by atoms with Crippen LogP contribution in [0.25, 0.3) is 0 Å². The van der Waals surface area contributed by atoms with E-state index in [1.807, 2.05) is 0 Å². The van der Waals surface area contributed by atoms with Crippen LogP contribution in [0.4, 0.5) is 0 Å². The van der Waals surface area contributed by atoms with Crippen molar-refractivity contribution in [2.45, 2.75) is 89.1 Å². The average Bonchev–Trinajstić information content (AvgIpc) is 3.16. The molecule has 116 valence electrons. The Bertz CT molecular complexity index is 267. The molecule has 1 heterocycles. The van der Waals surface area contributed by atoms with Crippen molar-refractivity contribution in [3.8, 4) is 0 Å². The standard InChI is InChI=1S/C18H34N2/c1-2-8-15(7-1)9-6-14-20-18-12-5-10-16(18)17-11-3-4-13-19-17/h15-20H,1-14H2. The molecular formula is C18H34N2. The molecule has 20 heavy (non-hydrogen) atoms. The van der Waals surface area contributed by atoms with E-state index >= 15 is 0 Å². The van der Waals surface area contributed by atoms with Gasteiger partial charge in [-0.1, -0.05) is 38.5 Å². The molecule has 1 saturated heterocycles. The summed E-state index contributed by atoms with van der Waals surface area (Å²) >= 11 is 0. The third kappa shape index (κ3) is 3.98. The lowest BCUT2D eigenvalue weighted by Gasteiger charge is -2.33. The molecule has 3 rings (SSSR count). The van der Waals surface area contributed by atoms with Crippen LogP contribution >= 0.6 is 0 Å². The van der Waals surface area contributed by atoms with Gasteiger partial charge < -0.3 is 10.6 Å². The lowest BCUT2D eigenvalue weighted by Crippen LogP contribution is -2.47. The van der Waals surface area contributed by atoms with Crippen molar-refractivity contribution in [1.82, 2.24) is 10.6 Å². The fraction of sp³-hybridized carbons (Fsp3) is 1.00. The summed E-state index contributed by atoms with van der Waals surface area (Å²) in [6, 6.07) is 1.63. The van der Waals surface area contributed by atoms with Crippen LogP contribution in [0.1, 0.15) is 77.0 Å². The first-order chi connectivity index (χ1) is 9.93. The molecule has 0 radical (unpaired) electrons. The monoisotopic (exact) mass is 278 g/mol. The Balaban J connectivity index is 1.35. The number of nitrogens with one attached hydrogen (secondary N) is 2. The summed E-state index contributed by atoms with van der Waals surface area (Å²) in [6.45, 7) is 2.53. The normalized spacial score (nSPS) is 35.7. The summed E-state index contributed by atoms with van der Waals surface area (Å²) in [4.78, 5) is 0. The molecule has 0 aromatic heterocycles. The van der Waals surface area contributed by atoms with Gasteiger partial charge in [0.05, 0.1) is 0 Å². The minimum absolute atomic E-state index is 0.814. The summed E-state index contributed by atoms with van der Waals surface area (Å²) in [7, 11) is 0. The van der Waals surface area contributed by atoms with E-state index in [-0.39, 0.29) is 0 Å². The molecule has 0 aromatic carbocycles. The van der Waals surface area contributed by atoms with Crippen LogP contribution in [-0.2, 0) is 0 Å². The van der Waals surface area contributed by atoms with Gasteiger partial charge in [-0.25, -0.2) is 0 Å². The van der Waals surface area contributed by atoms with Gasteiger partial charge in [0.25, 0.3) is 0 Å². The van der Waals surface area contributed by atoms with Crippen molar-refractivity contribution in [3.63, 3.8) is 0 Å². The highest BCUT2D eigenvalue weighted by atomic mass is 15.0. The summed E-state index contributed by atoms with van der Waals surface area (Å²) in [5.74, 6) is 1.98. The summed E-state index contributed by atoms with van der Waals surface area (Å²) in [5, 5.41) is 7.70. The van der Waals surface area contributed by atoms with Gasteiger partial charge in [-0.15, -0.1) is 0 Å². The van der Waals surface area contributed by atoms with E-state index in [4.69, 9.17) is 0 Å². The van der Waals surface area contributed by atoms with Crippen molar-refractivity contribution in [2.75, 3.05) is 13.1 Å². The van der Waals surface area contributed by atoms with Gasteiger partial charge >= 0.3 is 0 Å². The fourth-order valence-electron chi connectivity index (χ4n) is 4.95. The third-order valence-corrected chi connectivity index (χ3v) is 6.11. The van der Waals surface area contributed by atoms with E-state index in [0.29, 0.717) is 0 Å². The molecule has 2 heteroatoms. The average molecular weight is 278 g/mol. The van der Waals surface area contributed by atoms with Crippen LogP contribution in [0.15, 0.2) is 0 Å². The van der Waals surface area contributed by atoms with Crippen LogP contribution in [0.5, 0.6) is 0 Å². The second-order valence-corrected chi connectivity index (χ2v) is 7.50. The maximum atomic E-state index is 3.91. The molecule has 2 aliphatic carbocycles. The lowest BCUT2D eigenvalue weighted by molar-refractivity contribution is 0.256. The van der Waals surface area contributed by atoms with Gasteiger partial charge in [-0.05, 0) is 63.5 Å². The zero-order valence-electron chi connectivity index (χ0n) is 13.2. The van der Waals surface area contributed by atoms with Crippen molar-refractivity contribution in [2.24, 2.45) is 11.8 Å². The van der Waals surface area contributed by atoms with E-state index in [0.717, 1.165) is 23.9 Å². The van der Waals surface area contributed by atoms with Crippen LogP contribution < -0.4 is 10.6 Å². The number of hydrogen-bond acceptors (Lipinski definition) is 2. The fourth-order valence-corrected chi connectivity index (χ4v) is 4.95. The third-order valence-electron chi connectivity index (χ3n) is 6.11. The van der Waals surface area contributed by atoms with Crippen LogP contribution in [-0.4, -0.2) is 25.2 Å². The number of hydrogen-bond donors (Lipinski definition) is 2. The van der Waals surface area contributed by atoms with Gasteiger partial charge in [-0.2, -0.15) is 0 Å². The maximum absolute atomic E-state index is 3.91. The highest BCUT2D eigenvalue weighted by Crippen LogP contribution is 2.32. The van der Waals surface area contributed by atoms with Crippen molar-refractivity contribution in [3.05, 3.63) is 0 Å². The zero-order valence-corrected chi connectivity index (χ0v) is 13.2. The molecule has 0 spiro atoms. The molecule has 1 aliphatic heterocycles. The molecule has 0 bridgehead atoms. The Morgan fingerprint density at radius 3 is 2.50 bits per heavy atom. The summed E-state index contributed by atoms with van der Waals surface area (Å²) in [5.41, 5.74) is 0. The second-order valence-electron chi connectivity index (χ2n) is 7.50. The first-order valence-corrected chi connectivity index (χ1v) is 9.40. The first kappa shape index (κ1) is 14.8. The SMILES string of the molecule is C1CCC(C2CCCC2NCCCC2CCCC2)NC1. The van der Waals surface area contributed by atoms with Gasteiger partial charge in [0.15, 0.2) is 0 Å². The molecule has 2 saturated carbocycles. The molecule has 3 unspecified atom stereocenters. The number of piperidine rings is 1. The van der Waals surface area contributed by atoms with Crippen LogP contribution in [0.3, 0.4) is 0 Å². The molecule has 3 aliphatic rings. The Kier molecular flexibility index (Phi) is 5.78. The highest BCUT2D eigenvalue weighted by molar-refractivity contribution is 4.92. The molecule has 0 aromatic rings. The van der Waals surface area contributed by atoms with E-state index in [1.54, 1.807) is 0 Å². The van der Waals surface area contributed by atoms with Crippen LogP contribution in [0, 0.1) is 11.8 Å². The van der Waals surface area contributed by atoms with Crippen molar-refractivity contribution in [1.29, 1.82) is 0 Å². The molecule has 2 N–H and O–H groups in total. The molecule has 2 nitrogen and oxygen atoms in total. The summed E-state index contributed by atoms with van der Waals surface area (Å²) in [6.07, 6.45) is 17.5. The smallest absolute Gasteiger partial charge is 0.0110 e. The summed E-state index contributed by atoms with van der Waals surface area (Å²) < 4.78 is 0. The predicted molar refractivity (Wildman–Crippen MR) is 86.0 cm³/mol. The Morgan fingerprint density at radius 2 is 1.70 bits per heavy atom. The maximum Gasteiger partial charge on any atom is 0.0110 e. The topological polar surface area (TPSA) is 24.1 Å². The van der Waals surface area contributed by atoms with Gasteiger partial charge in [-0.3, -0.25) is 0 Å². The predicted octanol–water partition coefficient (Wildman–Crippen LogP) is 3.86. The Labute approximate surface area is 125 Å². The van der Waals surface area contributed by atoms with Gasteiger partial charge in [0.2, 0.25) is 0 Å². The molecule has 3 fully saturated rings. The second kappa shape index (κ2) is 7.79. The lowest BCUT2D eigenvalue weighted by atomic mass is 9.88. The largest absolute Gasteiger partial charge is 0.314 e. The number of rotatable bonds is 6. The highest BCUT2D eigenvalue weighted by Gasteiger charge is 2.33. The van der Waals surface area contributed by atoms with E-state index in [1.165, 1.54) is 90.1 Å². The van der Waals surface area contributed by atoms with Crippen molar-refractivity contribution < 1.29 is 0 Å². The molecular weight excluding hydrogens is 244 g/mol. The Hall–Kier alpha value is -0.0800. The van der Waals surface area contributed by atoms with Crippen LogP contribution in [0.2, 0.25) is 0 Å². The zero-order chi connectivity index (χ0) is 13.6. The minimum Gasteiger partial charge on any atom is -0.314 e. The quantitative estimate of drug-likeness (QED) is 0.721. The van der Waals surface area contributed by atoms with E-state index < -0.39 is 0 Å².